The highest BCUT2D eigenvalue weighted by molar-refractivity contribution is 7.88. The van der Waals surface area contributed by atoms with E-state index in [-0.39, 0.29) is 5.75 Å². The van der Waals surface area contributed by atoms with Crippen LogP contribution in [0.4, 0.5) is 0 Å². The average Bonchev–Trinajstić information content (AvgIpc) is 2.78. The fraction of sp³-hybridized carbons (Fsp3) is 0.217. The highest BCUT2D eigenvalue weighted by atomic mass is 32.2. The molecule has 158 valence electrons. The summed E-state index contributed by atoms with van der Waals surface area (Å²) in [7, 11) is -0.797. The first-order chi connectivity index (χ1) is 14.4. The summed E-state index contributed by atoms with van der Waals surface area (Å²) in [5.74, 6) is 0.595. The first-order valence-electron chi connectivity index (χ1n) is 9.50. The van der Waals surface area contributed by atoms with Crippen LogP contribution in [0.1, 0.15) is 28.8 Å². The molecule has 3 rings (SSSR count). The Hall–Kier alpha value is -2.87. The van der Waals surface area contributed by atoms with E-state index in [0.717, 1.165) is 11.1 Å². The van der Waals surface area contributed by atoms with E-state index < -0.39 is 22.1 Å². The maximum absolute atomic E-state index is 13.2. The Bertz CT molecular complexity index is 1030. The maximum atomic E-state index is 13.2. The van der Waals surface area contributed by atoms with Crippen LogP contribution in [-0.4, -0.2) is 22.6 Å². The summed E-state index contributed by atoms with van der Waals surface area (Å²) in [6, 6.07) is 22.7. The van der Waals surface area contributed by atoms with Gasteiger partial charge in [0.15, 0.2) is 0 Å². The Morgan fingerprint density at radius 1 is 0.800 bits per heavy atom. The Balaban J connectivity index is 1.94. The maximum Gasteiger partial charge on any atom is 0.216 e. The summed E-state index contributed by atoms with van der Waals surface area (Å²) < 4.78 is 39.8. The lowest BCUT2D eigenvalue weighted by Gasteiger charge is -2.26. The van der Waals surface area contributed by atoms with Crippen LogP contribution in [0.3, 0.4) is 0 Å². The van der Waals surface area contributed by atoms with Gasteiger partial charge >= 0.3 is 0 Å². The van der Waals surface area contributed by atoms with Crippen LogP contribution in [0, 0.1) is 0 Å². The van der Waals surface area contributed by atoms with Crippen molar-refractivity contribution in [3.63, 3.8) is 0 Å². The summed E-state index contributed by atoms with van der Waals surface area (Å²) in [5, 5.41) is 0. The molecule has 0 fully saturated rings. The number of benzene rings is 3. The third-order valence-corrected chi connectivity index (χ3v) is 6.15. The van der Waals surface area contributed by atoms with Crippen LogP contribution in [0.2, 0.25) is 0 Å². The van der Waals surface area contributed by atoms with E-state index in [0.29, 0.717) is 17.1 Å². The number of nitrogens with one attached hydrogen (secondary N) is 1. The molecule has 0 heterocycles. The molecule has 6 nitrogen and oxygen atoms in total. The van der Waals surface area contributed by atoms with E-state index in [1.807, 2.05) is 60.7 Å². The van der Waals surface area contributed by atoms with Crippen LogP contribution in [0.25, 0.3) is 0 Å². The minimum atomic E-state index is -3.79. The molecule has 0 spiro atoms. The SMILES string of the molecule is COc1cccc(OC)c1CS(=O)(=O)NC(c1ccccc1)C(N)c1ccccc1. The second kappa shape index (κ2) is 9.75. The molecule has 0 radical (unpaired) electrons. The summed E-state index contributed by atoms with van der Waals surface area (Å²) in [6.45, 7) is 0. The van der Waals surface area contributed by atoms with Gasteiger partial charge in [-0.2, -0.15) is 0 Å². The predicted octanol–water partition coefficient (Wildman–Crippen LogP) is 3.56. The van der Waals surface area contributed by atoms with Crippen molar-refractivity contribution in [2.45, 2.75) is 17.8 Å². The van der Waals surface area contributed by atoms with E-state index >= 15 is 0 Å². The van der Waals surface area contributed by atoms with Crippen molar-refractivity contribution in [1.82, 2.24) is 4.72 Å². The molecular formula is C23H26N2O4S. The molecule has 0 aliphatic rings. The van der Waals surface area contributed by atoms with Crippen LogP contribution >= 0.6 is 0 Å². The molecule has 7 heteroatoms. The first kappa shape index (κ1) is 21.8. The molecule has 2 atom stereocenters. The third-order valence-electron chi connectivity index (χ3n) is 4.87. The lowest BCUT2D eigenvalue weighted by Crippen LogP contribution is -2.36. The van der Waals surface area contributed by atoms with Crippen LogP contribution in [0.5, 0.6) is 11.5 Å². The van der Waals surface area contributed by atoms with Gasteiger partial charge in [0.25, 0.3) is 0 Å². The number of methoxy groups -OCH3 is 2. The second-order valence-corrected chi connectivity index (χ2v) is 8.60. The zero-order valence-corrected chi connectivity index (χ0v) is 17.8. The van der Waals surface area contributed by atoms with E-state index in [9.17, 15) is 8.42 Å². The lowest BCUT2D eigenvalue weighted by atomic mass is 9.95. The smallest absolute Gasteiger partial charge is 0.216 e. The van der Waals surface area contributed by atoms with Gasteiger partial charge in [-0.05, 0) is 23.3 Å². The molecule has 0 saturated heterocycles. The van der Waals surface area contributed by atoms with Gasteiger partial charge in [0, 0.05) is 0 Å². The topological polar surface area (TPSA) is 90.6 Å². The number of hydrogen-bond acceptors (Lipinski definition) is 5. The third kappa shape index (κ3) is 5.18. The highest BCUT2D eigenvalue weighted by Crippen LogP contribution is 2.32. The fourth-order valence-corrected chi connectivity index (χ4v) is 4.79. The van der Waals surface area contributed by atoms with E-state index in [1.54, 1.807) is 18.2 Å². The zero-order chi connectivity index (χ0) is 21.6. The molecule has 3 N–H and O–H groups in total. The second-order valence-electron chi connectivity index (χ2n) is 6.84. The predicted molar refractivity (Wildman–Crippen MR) is 118 cm³/mol. The molecule has 0 saturated carbocycles. The Kier molecular flexibility index (Phi) is 7.10. The minimum Gasteiger partial charge on any atom is -0.496 e. The summed E-state index contributed by atoms with van der Waals surface area (Å²) in [4.78, 5) is 0. The number of nitrogens with two attached hydrogens (primary N) is 1. The van der Waals surface area contributed by atoms with Crippen molar-refractivity contribution in [2.24, 2.45) is 5.73 Å². The average molecular weight is 427 g/mol. The van der Waals surface area contributed by atoms with Crippen molar-refractivity contribution in [2.75, 3.05) is 14.2 Å². The van der Waals surface area contributed by atoms with Crippen molar-refractivity contribution >= 4 is 10.0 Å². The van der Waals surface area contributed by atoms with E-state index in [1.165, 1.54) is 14.2 Å². The quantitative estimate of drug-likeness (QED) is 0.546. The Morgan fingerprint density at radius 2 is 1.30 bits per heavy atom. The summed E-state index contributed by atoms with van der Waals surface area (Å²) in [6.07, 6.45) is 0. The van der Waals surface area contributed by atoms with Gasteiger partial charge in [0.05, 0.1) is 37.6 Å². The standard InChI is InChI=1S/C23H26N2O4S/c1-28-20-14-9-15-21(29-2)19(20)16-30(26,27)25-23(18-12-7-4-8-13-18)22(24)17-10-5-3-6-11-17/h3-15,22-23,25H,16,24H2,1-2H3. The van der Waals surface area contributed by atoms with Gasteiger partial charge < -0.3 is 15.2 Å². The minimum absolute atomic E-state index is 0.301. The van der Waals surface area contributed by atoms with E-state index in [4.69, 9.17) is 15.2 Å². The van der Waals surface area contributed by atoms with Gasteiger partial charge in [-0.25, -0.2) is 13.1 Å². The molecule has 2 unspecified atom stereocenters. The van der Waals surface area contributed by atoms with Crippen LogP contribution < -0.4 is 19.9 Å². The molecule has 30 heavy (non-hydrogen) atoms. The van der Waals surface area contributed by atoms with E-state index in [2.05, 4.69) is 4.72 Å². The summed E-state index contributed by atoms with van der Waals surface area (Å²) >= 11 is 0. The number of hydrogen-bond donors (Lipinski definition) is 2. The zero-order valence-electron chi connectivity index (χ0n) is 17.0. The van der Waals surface area contributed by atoms with Crippen LogP contribution in [0.15, 0.2) is 78.9 Å². The van der Waals surface area contributed by atoms with Crippen molar-refractivity contribution in [1.29, 1.82) is 0 Å². The fourth-order valence-electron chi connectivity index (χ4n) is 3.37. The Labute approximate surface area is 177 Å². The molecule has 3 aromatic carbocycles. The van der Waals surface area contributed by atoms with Gasteiger partial charge in [0.1, 0.15) is 11.5 Å². The largest absolute Gasteiger partial charge is 0.496 e. The first-order valence-corrected chi connectivity index (χ1v) is 11.2. The van der Waals surface area contributed by atoms with Gasteiger partial charge in [-0.1, -0.05) is 66.7 Å². The summed E-state index contributed by atoms with van der Waals surface area (Å²) in [5.41, 5.74) is 8.58. The molecule has 0 aromatic heterocycles. The molecule has 0 amide bonds. The molecule has 3 aromatic rings. The van der Waals surface area contributed by atoms with Gasteiger partial charge in [-0.3, -0.25) is 0 Å². The van der Waals surface area contributed by atoms with Gasteiger partial charge in [0.2, 0.25) is 10.0 Å². The van der Waals surface area contributed by atoms with Crippen molar-refractivity contribution in [3.05, 3.63) is 95.6 Å². The molecule has 0 aliphatic heterocycles. The van der Waals surface area contributed by atoms with Crippen molar-refractivity contribution in [3.8, 4) is 11.5 Å². The Morgan fingerprint density at radius 3 is 1.80 bits per heavy atom. The normalized spacial score (nSPS) is 13.4. The number of rotatable bonds is 9. The molecule has 0 aliphatic carbocycles. The molecular weight excluding hydrogens is 400 g/mol. The highest BCUT2D eigenvalue weighted by Gasteiger charge is 2.28. The molecule has 0 bridgehead atoms. The monoisotopic (exact) mass is 426 g/mol. The number of ether oxygens (including phenoxy) is 2. The lowest BCUT2D eigenvalue weighted by molar-refractivity contribution is 0.387. The van der Waals surface area contributed by atoms with Crippen molar-refractivity contribution < 1.29 is 17.9 Å². The van der Waals surface area contributed by atoms with Crippen LogP contribution in [-0.2, 0) is 15.8 Å². The number of sulfonamides is 1. The van der Waals surface area contributed by atoms with Gasteiger partial charge in [-0.15, -0.1) is 0 Å².